The number of benzene rings is 1. The van der Waals surface area contributed by atoms with Gasteiger partial charge in [0.15, 0.2) is 0 Å². The molecule has 1 amide bonds. The van der Waals surface area contributed by atoms with Crippen molar-refractivity contribution in [1.29, 1.82) is 0 Å². The molecular formula is C13H19NO2. The molecule has 16 heavy (non-hydrogen) atoms. The van der Waals surface area contributed by atoms with Crippen molar-refractivity contribution in [3.63, 3.8) is 0 Å². The van der Waals surface area contributed by atoms with Gasteiger partial charge in [0.05, 0.1) is 0 Å². The predicted molar refractivity (Wildman–Crippen MR) is 64.5 cm³/mol. The molecule has 1 atom stereocenters. The Morgan fingerprint density at radius 2 is 2.12 bits per heavy atom. The van der Waals surface area contributed by atoms with Gasteiger partial charge in [-0.3, -0.25) is 4.79 Å². The van der Waals surface area contributed by atoms with Gasteiger partial charge in [-0.15, -0.1) is 0 Å². The summed E-state index contributed by atoms with van der Waals surface area (Å²) in [6, 6.07) is 5.82. The second-order valence-electron chi connectivity index (χ2n) is 4.32. The molecule has 0 saturated heterocycles. The Morgan fingerprint density at radius 1 is 1.44 bits per heavy atom. The molecule has 3 heteroatoms. The standard InChI is InChI=1S/C13H19NO2/c1-9-4-5-11(3)12(6-9)13(16)14-7-10(2)8-15/h4-6,10,15H,7-8H2,1-3H3,(H,14,16). The van der Waals surface area contributed by atoms with Crippen molar-refractivity contribution >= 4 is 5.91 Å². The van der Waals surface area contributed by atoms with Crippen LogP contribution in [0.1, 0.15) is 28.4 Å². The highest BCUT2D eigenvalue weighted by Crippen LogP contribution is 2.10. The van der Waals surface area contributed by atoms with Crippen LogP contribution in [0.5, 0.6) is 0 Å². The van der Waals surface area contributed by atoms with Gasteiger partial charge in [0.25, 0.3) is 5.91 Å². The topological polar surface area (TPSA) is 49.3 Å². The highest BCUT2D eigenvalue weighted by molar-refractivity contribution is 5.95. The van der Waals surface area contributed by atoms with Crippen LogP contribution < -0.4 is 5.32 Å². The van der Waals surface area contributed by atoms with Gasteiger partial charge in [-0.2, -0.15) is 0 Å². The first-order valence-electron chi connectivity index (χ1n) is 5.51. The molecule has 1 aromatic carbocycles. The number of carbonyl (C=O) groups excluding carboxylic acids is 1. The first-order chi connectivity index (χ1) is 7.54. The molecular weight excluding hydrogens is 202 g/mol. The third-order valence-corrected chi connectivity index (χ3v) is 2.56. The van der Waals surface area contributed by atoms with Gasteiger partial charge in [0.2, 0.25) is 0 Å². The zero-order chi connectivity index (χ0) is 12.1. The van der Waals surface area contributed by atoms with E-state index in [1.54, 1.807) is 0 Å². The number of aliphatic hydroxyl groups excluding tert-OH is 1. The number of amides is 1. The summed E-state index contributed by atoms with van der Waals surface area (Å²) in [5, 5.41) is 11.7. The number of rotatable bonds is 4. The van der Waals surface area contributed by atoms with Crippen LogP contribution in [0.4, 0.5) is 0 Å². The molecule has 0 aliphatic heterocycles. The number of aryl methyl sites for hydroxylation is 2. The summed E-state index contributed by atoms with van der Waals surface area (Å²) >= 11 is 0. The summed E-state index contributed by atoms with van der Waals surface area (Å²) in [5.41, 5.74) is 2.76. The fourth-order valence-corrected chi connectivity index (χ4v) is 1.41. The average Bonchev–Trinajstić information content (AvgIpc) is 2.28. The molecule has 0 spiro atoms. The molecule has 2 N–H and O–H groups in total. The van der Waals surface area contributed by atoms with Crippen LogP contribution in [0.25, 0.3) is 0 Å². The van der Waals surface area contributed by atoms with E-state index >= 15 is 0 Å². The summed E-state index contributed by atoms with van der Waals surface area (Å²) in [4.78, 5) is 11.8. The Morgan fingerprint density at radius 3 is 2.75 bits per heavy atom. The number of carbonyl (C=O) groups is 1. The zero-order valence-corrected chi connectivity index (χ0v) is 10.1. The number of aliphatic hydroxyl groups is 1. The fourth-order valence-electron chi connectivity index (χ4n) is 1.41. The Bertz CT molecular complexity index is 374. The van der Waals surface area contributed by atoms with E-state index in [1.807, 2.05) is 39.0 Å². The summed E-state index contributed by atoms with van der Waals surface area (Å²) in [7, 11) is 0. The lowest BCUT2D eigenvalue weighted by Gasteiger charge is -2.11. The maximum absolute atomic E-state index is 11.8. The van der Waals surface area contributed by atoms with Gasteiger partial charge in [0, 0.05) is 18.7 Å². The summed E-state index contributed by atoms with van der Waals surface area (Å²) in [6.07, 6.45) is 0. The van der Waals surface area contributed by atoms with Gasteiger partial charge in [0.1, 0.15) is 0 Å². The molecule has 1 aromatic rings. The Kier molecular flexibility index (Phi) is 4.50. The molecule has 88 valence electrons. The lowest BCUT2D eigenvalue weighted by atomic mass is 10.0. The Balaban J connectivity index is 2.69. The normalized spacial score (nSPS) is 12.2. The third kappa shape index (κ3) is 3.35. The van der Waals surface area contributed by atoms with Gasteiger partial charge in [-0.25, -0.2) is 0 Å². The average molecular weight is 221 g/mol. The minimum Gasteiger partial charge on any atom is -0.396 e. The molecule has 3 nitrogen and oxygen atoms in total. The molecule has 0 aromatic heterocycles. The minimum atomic E-state index is -0.0681. The molecule has 0 aliphatic rings. The zero-order valence-electron chi connectivity index (χ0n) is 10.1. The van der Waals surface area contributed by atoms with Gasteiger partial charge in [-0.1, -0.05) is 24.6 Å². The van der Waals surface area contributed by atoms with E-state index in [1.165, 1.54) is 0 Å². The number of nitrogens with one attached hydrogen (secondary N) is 1. The van der Waals surface area contributed by atoms with Crippen molar-refractivity contribution in [3.8, 4) is 0 Å². The van der Waals surface area contributed by atoms with Crippen LogP contribution in [0.3, 0.4) is 0 Å². The fraction of sp³-hybridized carbons (Fsp3) is 0.462. The monoisotopic (exact) mass is 221 g/mol. The molecule has 0 aliphatic carbocycles. The number of hydrogen-bond acceptors (Lipinski definition) is 2. The minimum absolute atomic E-state index is 0.0681. The van der Waals surface area contributed by atoms with Crippen LogP contribution >= 0.6 is 0 Å². The second kappa shape index (κ2) is 5.66. The Labute approximate surface area is 96.5 Å². The van der Waals surface area contributed by atoms with E-state index in [4.69, 9.17) is 5.11 Å². The van der Waals surface area contributed by atoms with E-state index in [-0.39, 0.29) is 18.4 Å². The van der Waals surface area contributed by atoms with Crippen LogP contribution in [0, 0.1) is 19.8 Å². The van der Waals surface area contributed by atoms with Crippen LogP contribution in [-0.2, 0) is 0 Å². The smallest absolute Gasteiger partial charge is 0.251 e. The SMILES string of the molecule is Cc1ccc(C)c(C(=O)NCC(C)CO)c1. The van der Waals surface area contributed by atoms with Gasteiger partial charge in [-0.05, 0) is 31.4 Å². The summed E-state index contributed by atoms with van der Waals surface area (Å²) in [6.45, 7) is 6.37. The largest absolute Gasteiger partial charge is 0.396 e. The maximum atomic E-state index is 11.8. The molecule has 0 fully saturated rings. The first-order valence-corrected chi connectivity index (χ1v) is 5.51. The highest BCUT2D eigenvalue weighted by Gasteiger charge is 2.09. The van der Waals surface area contributed by atoms with E-state index in [9.17, 15) is 4.79 Å². The predicted octanol–water partition coefficient (Wildman–Crippen LogP) is 1.66. The molecule has 0 radical (unpaired) electrons. The van der Waals surface area contributed by atoms with Crippen molar-refractivity contribution < 1.29 is 9.90 Å². The van der Waals surface area contributed by atoms with Gasteiger partial charge < -0.3 is 10.4 Å². The molecule has 1 rings (SSSR count). The van der Waals surface area contributed by atoms with E-state index in [2.05, 4.69) is 5.32 Å². The first kappa shape index (κ1) is 12.7. The summed E-state index contributed by atoms with van der Waals surface area (Å²) < 4.78 is 0. The lowest BCUT2D eigenvalue weighted by molar-refractivity contribution is 0.0941. The van der Waals surface area contributed by atoms with Crippen LogP contribution in [0.15, 0.2) is 18.2 Å². The lowest BCUT2D eigenvalue weighted by Crippen LogP contribution is -2.30. The highest BCUT2D eigenvalue weighted by atomic mass is 16.3. The second-order valence-corrected chi connectivity index (χ2v) is 4.32. The van der Waals surface area contributed by atoms with Crippen LogP contribution in [0.2, 0.25) is 0 Å². The van der Waals surface area contributed by atoms with E-state index in [0.29, 0.717) is 12.1 Å². The quantitative estimate of drug-likeness (QED) is 0.812. The van der Waals surface area contributed by atoms with E-state index < -0.39 is 0 Å². The van der Waals surface area contributed by atoms with Gasteiger partial charge >= 0.3 is 0 Å². The van der Waals surface area contributed by atoms with Crippen molar-refractivity contribution in [2.24, 2.45) is 5.92 Å². The Hall–Kier alpha value is -1.35. The number of hydrogen-bond donors (Lipinski definition) is 2. The molecule has 0 bridgehead atoms. The van der Waals surface area contributed by atoms with Crippen molar-refractivity contribution in [2.75, 3.05) is 13.2 Å². The molecule has 0 saturated carbocycles. The third-order valence-electron chi connectivity index (χ3n) is 2.56. The maximum Gasteiger partial charge on any atom is 0.251 e. The van der Waals surface area contributed by atoms with E-state index in [0.717, 1.165) is 11.1 Å². The molecule has 0 heterocycles. The van der Waals surface area contributed by atoms with Crippen LogP contribution in [-0.4, -0.2) is 24.2 Å². The van der Waals surface area contributed by atoms with Crippen molar-refractivity contribution in [1.82, 2.24) is 5.32 Å². The van der Waals surface area contributed by atoms with Crippen molar-refractivity contribution in [3.05, 3.63) is 34.9 Å². The molecule has 1 unspecified atom stereocenters. The summed E-state index contributed by atoms with van der Waals surface area (Å²) in [5.74, 6) is 0.0237. The van der Waals surface area contributed by atoms with Crippen molar-refractivity contribution in [2.45, 2.75) is 20.8 Å².